The molecule has 2 aromatic carbocycles. The Morgan fingerprint density at radius 2 is 1.83 bits per heavy atom. The van der Waals surface area contributed by atoms with E-state index in [1.165, 1.54) is 6.92 Å². The highest BCUT2D eigenvalue weighted by molar-refractivity contribution is 6.02. The summed E-state index contributed by atoms with van der Waals surface area (Å²) in [6.07, 6.45) is 0.984. The lowest BCUT2D eigenvalue weighted by Crippen LogP contribution is -2.50. The van der Waals surface area contributed by atoms with E-state index in [0.29, 0.717) is 19.5 Å². The van der Waals surface area contributed by atoms with E-state index >= 15 is 0 Å². The predicted octanol–water partition coefficient (Wildman–Crippen LogP) is 2.23. The number of β-amino-alcohol motifs (C(OH)–C–C–N with tert-alkyl or cyclic N) is 1. The number of amides is 2. The number of hydrogen-bond donors (Lipinski definition) is 1. The highest BCUT2D eigenvalue weighted by atomic mass is 16.3. The predicted molar refractivity (Wildman–Crippen MR) is 116 cm³/mol. The summed E-state index contributed by atoms with van der Waals surface area (Å²) < 4.78 is 0. The van der Waals surface area contributed by atoms with Gasteiger partial charge in [-0.15, -0.1) is 0 Å². The number of carbonyl (C=O) groups excluding carboxylic acids is 2. The van der Waals surface area contributed by atoms with Crippen LogP contribution in [0.5, 0.6) is 0 Å². The van der Waals surface area contributed by atoms with Gasteiger partial charge >= 0.3 is 0 Å². The minimum Gasteiger partial charge on any atom is -0.392 e. The van der Waals surface area contributed by atoms with Crippen molar-refractivity contribution in [2.24, 2.45) is 0 Å². The fourth-order valence-corrected chi connectivity index (χ4v) is 4.71. The summed E-state index contributed by atoms with van der Waals surface area (Å²) >= 11 is 0. The minimum atomic E-state index is -0.528. The second-order valence-corrected chi connectivity index (χ2v) is 8.32. The Labute approximate surface area is 177 Å². The minimum absolute atomic E-state index is 0.0602. The molecule has 0 spiro atoms. The van der Waals surface area contributed by atoms with Crippen LogP contribution in [0.25, 0.3) is 0 Å². The number of benzene rings is 2. The third-order valence-electron chi connectivity index (χ3n) is 6.28. The number of fused-ring (bicyclic) bond motifs is 1. The number of hydrogen-bond acceptors (Lipinski definition) is 4. The SMILES string of the molecule is CC(=O)N1c2ccccc2CC1C(=O)N(C)C(CN1CCC(O)C1)c1ccccc1. The van der Waals surface area contributed by atoms with Gasteiger partial charge in [0.05, 0.1) is 12.1 Å². The Balaban J connectivity index is 1.60. The van der Waals surface area contributed by atoms with Crippen LogP contribution in [0.3, 0.4) is 0 Å². The van der Waals surface area contributed by atoms with Gasteiger partial charge in [0.1, 0.15) is 6.04 Å². The Hall–Kier alpha value is -2.70. The van der Waals surface area contributed by atoms with E-state index in [9.17, 15) is 14.7 Å². The van der Waals surface area contributed by atoms with Crippen LogP contribution in [-0.4, -0.2) is 65.5 Å². The number of rotatable bonds is 5. The van der Waals surface area contributed by atoms with E-state index in [-0.39, 0.29) is 24.0 Å². The topological polar surface area (TPSA) is 64.1 Å². The quantitative estimate of drug-likeness (QED) is 0.826. The molecule has 2 heterocycles. The van der Waals surface area contributed by atoms with Crippen molar-refractivity contribution in [1.82, 2.24) is 9.80 Å². The van der Waals surface area contributed by atoms with Crippen molar-refractivity contribution in [3.8, 4) is 0 Å². The van der Waals surface area contributed by atoms with E-state index in [0.717, 1.165) is 29.8 Å². The molecule has 0 aromatic heterocycles. The molecule has 1 N–H and O–H groups in total. The Bertz CT molecular complexity index is 917. The van der Waals surface area contributed by atoms with Gasteiger partial charge in [-0.05, 0) is 23.6 Å². The molecule has 158 valence electrons. The molecule has 0 aliphatic carbocycles. The number of likely N-dealkylation sites (N-methyl/N-ethyl adjacent to an activating group) is 1. The average Bonchev–Trinajstić information content (AvgIpc) is 3.34. The zero-order chi connectivity index (χ0) is 21.3. The van der Waals surface area contributed by atoms with Crippen LogP contribution in [0.15, 0.2) is 54.6 Å². The summed E-state index contributed by atoms with van der Waals surface area (Å²) in [7, 11) is 1.83. The number of para-hydroxylation sites is 1. The maximum absolute atomic E-state index is 13.6. The highest BCUT2D eigenvalue weighted by Gasteiger charge is 2.40. The molecule has 6 nitrogen and oxygen atoms in total. The summed E-state index contributed by atoms with van der Waals surface area (Å²) in [5, 5.41) is 9.93. The third kappa shape index (κ3) is 3.98. The van der Waals surface area contributed by atoms with Crippen molar-refractivity contribution in [2.75, 3.05) is 31.6 Å². The largest absolute Gasteiger partial charge is 0.392 e. The first-order valence-electron chi connectivity index (χ1n) is 10.6. The van der Waals surface area contributed by atoms with E-state index < -0.39 is 6.04 Å². The van der Waals surface area contributed by atoms with Crippen molar-refractivity contribution in [3.05, 3.63) is 65.7 Å². The molecule has 0 saturated carbocycles. The fourth-order valence-electron chi connectivity index (χ4n) is 4.71. The zero-order valence-corrected chi connectivity index (χ0v) is 17.6. The molecule has 2 aromatic rings. The monoisotopic (exact) mass is 407 g/mol. The second kappa shape index (κ2) is 8.58. The van der Waals surface area contributed by atoms with Crippen LogP contribution in [0.4, 0.5) is 5.69 Å². The zero-order valence-electron chi connectivity index (χ0n) is 17.6. The molecular formula is C24H29N3O3. The lowest BCUT2D eigenvalue weighted by molar-refractivity contribution is -0.135. The standard InChI is InChI=1S/C24H29N3O3/c1-17(28)27-21-11-7-6-10-19(21)14-22(27)24(30)25(2)23(18-8-4-3-5-9-18)16-26-13-12-20(29)15-26/h3-11,20,22-23,29H,12-16H2,1-2H3. The number of aliphatic hydroxyl groups excluding tert-OH is 1. The molecule has 3 atom stereocenters. The number of carbonyl (C=O) groups is 2. The maximum Gasteiger partial charge on any atom is 0.246 e. The first kappa shape index (κ1) is 20.6. The van der Waals surface area contributed by atoms with Gasteiger partial charge in [0.15, 0.2) is 0 Å². The lowest BCUT2D eigenvalue weighted by atomic mass is 10.0. The van der Waals surface area contributed by atoms with E-state index in [1.807, 2.05) is 61.6 Å². The molecule has 3 unspecified atom stereocenters. The number of anilines is 1. The smallest absolute Gasteiger partial charge is 0.246 e. The van der Waals surface area contributed by atoms with Crippen molar-refractivity contribution in [3.63, 3.8) is 0 Å². The van der Waals surface area contributed by atoms with Crippen LogP contribution >= 0.6 is 0 Å². The third-order valence-corrected chi connectivity index (χ3v) is 6.28. The van der Waals surface area contributed by atoms with Crippen molar-refractivity contribution in [1.29, 1.82) is 0 Å². The van der Waals surface area contributed by atoms with Gasteiger partial charge in [-0.2, -0.15) is 0 Å². The van der Waals surface area contributed by atoms with E-state index in [2.05, 4.69) is 4.90 Å². The van der Waals surface area contributed by atoms with Crippen molar-refractivity contribution < 1.29 is 14.7 Å². The van der Waals surface area contributed by atoms with Crippen LogP contribution in [-0.2, 0) is 16.0 Å². The highest BCUT2D eigenvalue weighted by Crippen LogP contribution is 2.34. The molecule has 2 aliphatic rings. The molecule has 1 fully saturated rings. The summed E-state index contributed by atoms with van der Waals surface area (Å²) in [5.74, 6) is -0.180. The molecule has 2 amide bonds. The normalized spacial score (nSPS) is 22.0. The molecule has 6 heteroatoms. The average molecular weight is 408 g/mol. The summed E-state index contributed by atoms with van der Waals surface area (Å²) in [5.41, 5.74) is 2.91. The van der Waals surface area contributed by atoms with Crippen molar-refractivity contribution in [2.45, 2.75) is 38.0 Å². The maximum atomic E-state index is 13.6. The van der Waals surface area contributed by atoms with E-state index in [1.54, 1.807) is 9.80 Å². The van der Waals surface area contributed by atoms with Crippen LogP contribution in [0.1, 0.15) is 30.5 Å². The first-order valence-corrected chi connectivity index (χ1v) is 10.6. The first-order chi connectivity index (χ1) is 14.5. The Kier molecular flexibility index (Phi) is 5.88. The van der Waals surface area contributed by atoms with Crippen LogP contribution in [0.2, 0.25) is 0 Å². The molecule has 4 rings (SSSR count). The number of likely N-dealkylation sites (tertiary alicyclic amines) is 1. The van der Waals surface area contributed by atoms with Crippen LogP contribution < -0.4 is 4.90 Å². The fraction of sp³-hybridized carbons (Fsp3) is 0.417. The molecular weight excluding hydrogens is 378 g/mol. The number of nitrogens with zero attached hydrogens (tertiary/aromatic N) is 3. The number of aliphatic hydroxyl groups is 1. The van der Waals surface area contributed by atoms with Gasteiger partial charge in [-0.3, -0.25) is 19.4 Å². The van der Waals surface area contributed by atoms with Gasteiger partial charge in [0.2, 0.25) is 11.8 Å². The van der Waals surface area contributed by atoms with E-state index in [4.69, 9.17) is 0 Å². The summed E-state index contributed by atoms with van der Waals surface area (Å²) in [4.78, 5) is 31.7. The van der Waals surface area contributed by atoms with Crippen LogP contribution in [0, 0.1) is 0 Å². The van der Waals surface area contributed by atoms with Gasteiger partial charge < -0.3 is 10.0 Å². The molecule has 0 bridgehead atoms. The lowest BCUT2D eigenvalue weighted by Gasteiger charge is -2.35. The molecule has 2 aliphatic heterocycles. The summed E-state index contributed by atoms with van der Waals surface area (Å²) in [6.45, 7) is 3.62. The Morgan fingerprint density at radius 3 is 2.50 bits per heavy atom. The molecule has 0 radical (unpaired) electrons. The molecule has 1 saturated heterocycles. The molecule has 30 heavy (non-hydrogen) atoms. The Morgan fingerprint density at radius 1 is 1.13 bits per heavy atom. The summed E-state index contributed by atoms with van der Waals surface area (Å²) in [6, 6.07) is 17.0. The van der Waals surface area contributed by atoms with Crippen molar-refractivity contribution >= 4 is 17.5 Å². The van der Waals surface area contributed by atoms with Gasteiger partial charge in [0, 0.05) is 45.7 Å². The van der Waals surface area contributed by atoms with Gasteiger partial charge in [0.25, 0.3) is 0 Å². The van der Waals surface area contributed by atoms with Gasteiger partial charge in [-0.25, -0.2) is 0 Å². The van der Waals surface area contributed by atoms with Gasteiger partial charge in [-0.1, -0.05) is 48.5 Å². The second-order valence-electron chi connectivity index (χ2n) is 8.32.